The topological polar surface area (TPSA) is 26.8 Å². The number of hydrazine groups is 1. The Hall–Kier alpha value is -4.41. The summed E-state index contributed by atoms with van der Waals surface area (Å²) in [6.45, 7) is 1.58. The fourth-order valence-corrected chi connectivity index (χ4v) is 4.94. The van der Waals surface area contributed by atoms with Gasteiger partial charge in [-0.25, -0.2) is 5.01 Å². The van der Waals surface area contributed by atoms with E-state index in [1.54, 1.807) is 0 Å². The molecular formula is C34H33N3O. The van der Waals surface area contributed by atoms with E-state index in [9.17, 15) is 4.79 Å². The number of carbonyl (C=O) groups is 1. The Bertz CT molecular complexity index is 1290. The average Bonchev–Trinajstić information content (AvgIpc) is 2.99. The third-order valence-electron chi connectivity index (χ3n) is 7.09. The van der Waals surface area contributed by atoms with Crippen molar-refractivity contribution in [3.8, 4) is 0 Å². The van der Waals surface area contributed by atoms with Gasteiger partial charge in [-0.15, -0.1) is 0 Å². The van der Waals surface area contributed by atoms with Gasteiger partial charge in [-0.2, -0.15) is 0 Å². The van der Waals surface area contributed by atoms with Gasteiger partial charge in [0.25, 0.3) is 0 Å². The summed E-state index contributed by atoms with van der Waals surface area (Å²) in [6, 6.07) is 41.4. The highest BCUT2D eigenvalue weighted by molar-refractivity contribution is 5.72. The maximum Gasteiger partial charge on any atom is 0.146 e. The second-order valence-electron chi connectivity index (χ2n) is 9.61. The van der Waals surface area contributed by atoms with Gasteiger partial charge in [0.05, 0.1) is 11.4 Å². The largest absolute Gasteiger partial charge is 0.363 e. The van der Waals surface area contributed by atoms with Crippen LogP contribution >= 0.6 is 0 Å². The Morgan fingerprint density at radius 2 is 1.13 bits per heavy atom. The van der Waals surface area contributed by atoms with E-state index >= 15 is 0 Å². The maximum absolute atomic E-state index is 12.8. The minimum absolute atomic E-state index is 0.565. The Labute approximate surface area is 225 Å². The number of likely N-dealkylation sites (N-methyl/N-ethyl adjacent to an activating group) is 1. The Kier molecular flexibility index (Phi) is 7.81. The standard InChI is InChI=1S/C34H33N3O/c1-35(37(32-18-10-4-11-19-32)33-20-12-5-13-21-33)34(28-38)24-22-31(23-25-34)36(26-29-14-6-2-7-15-29)27-30-16-8-3-9-17-30/h2-24,28H,25-27H2,1H3/t34-/m0/s1. The lowest BCUT2D eigenvalue weighted by Gasteiger charge is -2.44. The zero-order chi connectivity index (χ0) is 26.2. The molecule has 190 valence electrons. The zero-order valence-electron chi connectivity index (χ0n) is 21.7. The molecule has 4 nitrogen and oxygen atoms in total. The first-order valence-corrected chi connectivity index (χ1v) is 13.0. The summed E-state index contributed by atoms with van der Waals surface area (Å²) in [5.41, 5.74) is 4.80. The van der Waals surface area contributed by atoms with Gasteiger partial charge < -0.3 is 9.69 Å². The Morgan fingerprint density at radius 1 is 0.684 bits per heavy atom. The molecule has 4 heteroatoms. The summed E-state index contributed by atoms with van der Waals surface area (Å²) in [4.78, 5) is 15.2. The van der Waals surface area contributed by atoms with Crippen LogP contribution in [0.5, 0.6) is 0 Å². The number of carbonyl (C=O) groups excluding carboxylic acids is 1. The van der Waals surface area contributed by atoms with Crippen molar-refractivity contribution in [2.45, 2.75) is 25.0 Å². The van der Waals surface area contributed by atoms with Crippen molar-refractivity contribution in [3.05, 3.63) is 156 Å². The van der Waals surface area contributed by atoms with Crippen LogP contribution in [0.2, 0.25) is 0 Å². The van der Waals surface area contributed by atoms with Crippen molar-refractivity contribution in [3.63, 3.8) is 0 Å². The van der Waals surface area contributed by atoms with Crippen LogP contribution in [0.3, 0.4) is 0 Å². The molecule has 0 radical (unpaired) electrons. The molecule has 4 aromatic rings. The molecule has 5 rings (SSSR count). The minimum Gasteiger partial charge on any atom is -0.363 e. The molecule has 0 bridgehead atoms. The molecule has 0 saturated heterocycles. The first kappa shape index (κ1) is 25.2. The highest BCUT2D eigenvalue weighted by Gasteiger charge is 2.37. The van der Waals surface area contributed by atoms with Crippen molar-refractivity contribution in [2.24, 2.45) is 0 Å². The molecule has 1 aliphatic carbocycles. The van der Waals surface area contributed by atoms with Crippen molar-refractivity contribution < 1.29 is 4.79 Å². The van der Waals surface area contributed by atoms with Crippen LogP contribution in [0.25, 0.3) is 0 Å². The van der Waals surface area contributed by atoms with Gasteiger partial charge in [0.15, 0.2) is 0 Å². The third-order valence-corrected chi connectivity index (χ3v) is 7.09. The number of aldehydes is 1. The van der Waals surface area contributed by atoms with Crippen LogP contribution in [-0.4, -0.2) is 28.8 Å². The van der Waals surface area contributed by atoms with Gasteiger partial charge >= 0.3 is 0 Å². The molecule has 0 N–H and O–H groups in total. The van der Waals surface area contributed by atoms with Gasteiger partial charge in [-0.05, 0) is 47.9 Å². The Balaban J connectivity index is 1.44. The lowest BCUT2D eigenvalue weighted by Crippen LogP contribution is -2.54. The van der Waals surface area contributed by atoms with Gasteiger partial charge in [-0.1, -0.05) is 109 Å². The predicted octanol–water partition coefficient (Wildman–Crippen LogP) is 7.16. The van der Waals surface area contributed by atoms with E-state index < -0.39 is 5.54 Å². The Morgan fingerprint density at radius 3 is 1.53 bits per heavy atom. The molecule has 0 spiro atoms. The molecule has 4 aromatic carbocycles. The van der Waals surface area contributed by atoms with Crippen LogP contribution in [0.1, 0.15) is 17.5 Å². The third kappa shape index (κ3) is 5.61. The number of anilines is 2. The van der Waals surface area contributed by atoms with Crippen molar-refractivity contribution in [1.29, 1.82) is 0 Å². The quantitative estimate of drug-likeness (QED) is 0.171. The smallest absolute Gasteiger partial charge is 0.146 e. The van der Waals surface area contributed by atoms with E-state index in [1.807, 2.05) is 60.6 Å². The molecule has 0 amide bonds. The van der Waals surface area contributed by atoms with E-state index in [-0.39, 0.29) is 0 Å². The summed E-state index contributed by atoms with van der Waals surface area (Å²) in [5, 5.41) is 4.16. The number of allylic oxidation sites excluding steroid dienone is 1. The first-order valence-electron chi connectivity index (χ1n) is 13.0. The molecule has 38 heavy (non-hydrogen) atoms. The number of benzene rings is 4. The number of nitrogens with zero attached hydrogens (tertiary/aromatic N) is 3. The average molecular weight is 500 g/mol. The summed E-state index contributed by atoms with van der Waals surface area (Å²) in [6.07, 6.45) is 7.99. The van der Waals surface area contributed by atoms with Crippen LogP contribution in [0.15, 0.2) is 145 Å². The minimum atomic E-state index is -0.819. The van der Waals surface area contributed by atoms with Crippen molar-refractivity contribution >= 4 is 17.7 Å². The molecule has 0 aromatic heterocycles. The summed E-state index contributed by atoms with van der Waals surface area (Å²) in [7, 11) is 1.99. The van der Waals surface area contributed by atoms with Gasteiger partial charge in [0.1, 0.15) is 11.8 Å². The van der Waals surface area contributed by atoms with E-state index in [1.165, 1.54) is 11.1 Å². The predicted molar refractivity (Wildman–Crippen MR) is 156 cm³/mol. The molecular weight excluding hydrogens is 466 g/mol. The maximum atomic E-state index is 12.8. The number of hydrogen-bond acceptors (Lipinski definition) is 4. The lowest BCUT2D eigenvalue weighted by atomic mass is 9.90. The highest BCUT2D eigenvalue weighted by atomic mass is 16.1. The van der Waals surface area contributed by atoms with Crippen molar-refractivity contribution in [1.82, 2.24) is 9.91 Å². The summed E-state index contributed by atoms with van der Waals surface area (Å²) < 4.78 is 0. The van der Waals surface area contributed by atoms with Gasteiger partial charge in [-0.3, -0.25) is 5.01 Å². The molecule has 0 unspecified atom stereocenters. The molecule has 1 atom stereocenters. The molecule has 0 heterocycles. The first-order chi connectivity index (χ1) is 18.7. The number of hydrogen-bond donors (Lipinski definition) is 0. The van der Waals surface area contributed by atoms with E-state index in [0.29, 0.717) is 6.42 Å². The molecule has 0 aliphatic heterocycles. The second-order valence-corrected chi connectivity index (χ2v) is 9.61. The van der Waals surface area contributed by atoms with Crippen LogP contribution in [0, 0.1) is 0 Å². The summed E-state index contributed by atoms with van der Waals surface area (Å²) in [5.74, 6) is 0. The van der Waals surface area contributed by atoms with E-state index in [2.05, 4.69) is 101 Å². The second kappa shape index (κ2) is 11.8. The lowest BCUT2D eigenvalue weighted by molar-refractivity contribution is -0.115. The number of para-hydroxylation sites is 2. The van der Waals surface area contributed by atoms with Crippen molar-refractivity contribution in [2.75, 3.05) is 12.1 Å². The normalized spacial score (nSPS) is 16.6. The van der Waals surface area contributed by atoms with Gasteiger partial charge in [0, 0.05) is 25.8 Å². The molecule has 0 saturated carbocycles. The zero-order valence-corrected chi connectivity index (χ0v) is 21.7. The SMILES string of the molecule is CN(N(c1ccccc1)c1ccccc1)[C@@]1(C=O)C=CC(N(Cc2ccccc2)Cc2ccccc2)=CC1. The van der Waals surface area contributed by atoms with Gasteiger partial charge in [0.2, 0.25) is 0 Å². The van der Waals surface area contributed by atoms with E-state index in [4.69, 9.17) is 0 Å². The monoisotopic (exact) mass is 499 g/mol. The van der Waals surface area contributed by atoms with Crippen LogP contribution in [-0.2, 0) is 17.9 Å². The van der Waals surface area contributed by atoms with Crippen LogP contribution in [0.4, 0.5) is 11.4 Å². The highest BCUT2D eigenvalue weighted by Crippen LogP contribution is 2.35. The molecule has 0 fully saturated rings. The fraction of sp³-hybridized carbons (Fsp3) is 0.147. The van der Waals surface area contributed by atoms with E-state index in [0.717, 1.165) is 36.4 Å². The number of rotatable bonds is 10. The van der Waals surface area contributed by atoms with Crippen LogP contribution < -0.4 is 5.01 Å². The fourth-order valence-electron chi connectivity index (χ4n) is 4.94. The molecule has 1 aliphatic rings. The summed E-state index contributed by atoms with van der Waals surface area (Å²) >= 11 is 0.